The molecule has 1 amide bonds. The van der Waals surface area contributed by atoms with Crippen molar-refractivity contribution in [3.63, 3.8) is 0 Å². The smallest absolute Gasteiger partial charge is 0.240 e. The largest absolute Gasteiger partial charge is 0.348 e. The van der Waals surface area contributed by atoms with Gasteiger partial charge in [0, 0.05) is 10.6 Å². The van der Waals surface area contributed by atoms with Gasteiger partial charge in [0.05, 0.1) is 16.6 Å². The molecule has 1 aromatic rings. The molecule has 0 heterocycles. The van der Waals surface area contributed by atoms with Gasteiger partial charge in [-0.25, -0.2) is 4.39 Å². The maximum Gasteiger partial charge on any atom is 0.240 e. The van der Waals surface area contributed by atoms with Gasteiger partial charge in [0.2, 0.25) is 5.91 Å². The SMILES string of the molecule is CCCC(C)(N)C(=O)NC(C)c1c(Cl)ccc(F)c1Cl.Cl. The third kappa shape index (κ3) is 4.99. The maximum atomic E-state index is 13.5. The topological polar surface area (TPSA) is 55.1 Å². The standard InChI is InChI=1S/C14H19Cl2FN2O.ClH/c1-4-7-14(3,18)13(20)19-8(2)11-9(15)5-6-10(17)12(11)16;/h5-6,8H,4,7,18H2,1-3H3,(H,19,20);1H. The molecule has 1 aromatic carbocycles. The van der Waals surface area contributed by atoms with E-state index in [0.717, 1.165) is 6.42 Å². The predicted molar refractivity (Wildman–Crippen MR) is 87.7 cm³/mol. The Kier molecular flexibility index (Phi) is 7.97. The van der Waals surface area contributed by atoms with Crippen LogP contribution < -0.4 is 11.1 Å². The van der Waals surface area contributed by atoms with Crippen LogP contribution >= 0.6 is 35.6 Å². The minimum atomic E-state index is -0.977. The number of hydrogen-bond acceptors (Lipinski definition) is 2. The lowest BCUT2D eigenvalue weighted by atomic mass is 9.95. The first-order valence-corrected chi connectivity index (χ1v) is 7.19. The second kappa shape index (κ2) is 8.18. The number of nitrogens with two attached hydrogens (primary N) is 1. The highest BCUT2D eigenvalue weighted by molar-refractivity contribution is 6.36. The third-order valence-electron chi connectivity index (χ3n) is 3.15. The van der Waals surface area contributed by atoms with Crippen LogP contribution in [0.15, 0.2) is 12.1 Å². The van der Waals surface area contributed by atoms with Crippen molar-refractivity contribution in [1.82, 2.24) is 5.32 Å². The number of carbonyl (C=O) groups excluding carboxylic acids is 1. The van der Waals surface area contributed by atoms with E-state index < -0.39 is 17.4 Å². The summed E-state index contributed by atoms with van der Waals surface area (Å²) in [6, 6.07) is 2.07. The van der Waals surface area contributed by atoms with Crippen molar-refractivity contribution in [2.24, 2.45) is 5.73 Å². The minimum Gasteiger partial charge on any atom is -0.348 e. The number of rotatable bonds is 5. The quantitative estimate of drug-likeness (QED) is 0.774. The average molecular weight is 358 g/mol. The van der Waals surface area contributed by atoms with E-state index in [4.69, 9.17) is 28.9 Å². The molecule has 0 aromatic heterocycles. The van der Waals surface area contributed by atoms with Gasteiger partial charge in [0.15, 0.2) is 0 Å². The lowest BCUT2D eigenvalue weighted by Gasteiger charge is -2.26. The Morgan fingerprint density at radius 3 is 2.57 bits per heavy atom. The number of amides is 1. The molecule has 0 aliphatic heterocycles. The Labute approximate surface area is 140 Å². The Morgan fingerprint density at radius 1 is 1.48 bits per heavy atom. The molecule has 21 heavy (non-hydrogen) atoms. The van der Waals surface area contributed by atoms with Crippen LogP contribution in [-0.2, 0) is 4.79 Å². The molecular formula is C14H20Cl3FN2O. The van der Waals surface area contributed by atoms with E-state index in [-0.39, 0.29) is 23.3 Å². The van der Waals surface area contributed by atoms with E-state index in [2.05, 4.69) is 5.32 Å². The molecule has 1 rings (SSSR count). The molecule has 3 nitrogen and oxygen atoms in total. The third-order valence-corrected chi connectivity index (χ3v) is 3.86. The lowest BCUT2D eigenvalue weighted by Crippen LogP contribution is -2.52. The molecule has 2 atom stereocenters. The Hall–Kier alpha value is -0.550. The summed E-state index contributed by atoms with van der Waals surface area (Å²) >= 11 is 11.9. The zero-order valence-electron chi connectivity index (χ0n) is 12.2. The first kappa shape index (κ1) is 20.5. The van der Waals surface area contributed by atoms with Crippen molar-refractivity contribution in [3.8, 4) is 0 Å². The number of benzene rings is 1. The van der Waals surface area contributed by atoms with Gasteiger partial charge in [0.1, 0.15) is 5.82 Å². The molecule has 0 spiro atoms. The molecular weight excluding hydrogens is 338 g/mol. The summed E-state index contributed by atoms with van der Waals surface area (Å²) in [5, 5.41) is 2.95. The van der Waals surface area contributed by atoms with Crippen molar-refractivity contribution >= 4 is 41.5 Å². The zero-order chi connectivity index (χ0) is 15.5. The molecule has 0 radical (unpaired) electrons. The molecule has 0 aliphatic carbocycles. The summed E-state index contributed by atoms with van der Waals surface area (Å²) < 4.78 is 13.5. The first-order valence-electron chi connectivity index (χ1n) is 6.44. The zero-order valence-corrected chi connectivity index (χ0v) is 14.5. The second-order valence-electron chi connectivity index (χ2n) is 5.12. The lowest BCUT2D eigenvalue weighted by molar-refractivity contribution is -0.126. The van der Waals surface area contributed by atoms with Gasteiger partial charge < -0.3 is 11.1 Å². The van der Waals surface area contributed by atoms with Gasteiger partial charge in [-0.1, -0.05) is 36.5 Å². The first-order chi connectivity index (χ1) is 9.20. The highest BCUT2D eigenvalue weighted by atomic mass is 35.5. The van der Waals surface area contributed by atoms with Crippen molar-refractivity contribution in [1.29, 1.82) is 0 Å². The normalized spacial score (nSPS) is 14.8. The van der Waals surface area contributed by atoms with Crippen LogP contribution in [0.2, 0.25) is 10.0 Å². The molecule has 120 valence electrons. The molecule has 0 saturated heterocycles. The van der Waals surface area contributed by atoms with E-state index in [9.17, 15) is 9.18 Å². The number of hydrogen-bond donors (Lipinski definition) is 2. The minimum absolute atomic E-state index is 0. The molecule has 0 fully saturated rings. The monoisotopic (exact) mass is 356 g/mol. The summed E-state index contributed by atoms with van der Waals surface area (Å²) in [4.78, 5) is 12.1. The van der Waals surface area contributed by atoms with E-state index >= 15 is 0 Å². The maximum absolute atomic E-state index is 13.5. The van der Waals surface area contributed by atoms with Crippen molar-refractivity contribution < 1.29 is 9.18 Å². The summed E-state index contributed by atoms with van der Waals surface area (Å²) in [5.74, 6) is -0.889. The summed E-state index contributed by atoms with van der Waals surface area (Å²) in [5.41, 5.74) is 5.33. The fourth-order valence-corrected chi connectivity index (χ4v) is 2.70. The number of carbonyl (C=O) groups is 1. The molecule has 0 bridgehead atoms. The molecule has 3 N–H and O–H groups in total. The Balaban J connectivity index is 0.00000400. The van der Waals surface area contributed by atoms with Crippen molar-refractivity contribution in [2.75, 3.05) is 0 Å². The highest BCUT2D eigenvalue weighted by Gasteiger charge is 2.29. The Bertz CT molecular complexity index is 509. The highest BCUT2D eigenvalue weighted by Crippen LogP contribution is 2.32. The van der Waals surface area contributed by atoms with E-state index in [0.29, 0.717) is 17.0 Å². The van der Waals surface area contributed by atoms with Crippen molar-refractivity contribution in [2.45, 2.75) is 45.2 Å². The summed E-state index contributed by atoms with van der Waals surface area (Å²) in [6.07, 6.45) is 1.34. The molecule has 0 saturated carbocycles. The fourth-order valence-electron chi connectivity index (χ4n) is 2.01. The average Bonchev–Trinajstić information content (AvgIpc) is 2.34. The van der Waals surface area contributed by atoms with Crippen LogP contribution in [0.5, 0.6) is 0 Å². The van der Waals surface area contributed by atoms with Gasteiger partial charge in [0.25, 0.3) is 0 Å². The summed E-state index contributed by atoms with van der Waals surface area (Å²) in [6.45, 7) is 5.29. The van der Waals surface area contributed by atoms with Gasteiger partial charge in [-0.05, 0) is 32.4 Å². The van der Waals surface area contributed by atoms with E-state index in [1.807, 2.05) is 6.92 Å². The van der Waals surface area contributed by atoms with E-state index in [1.165, 1.54) is 12.1 Å². The molecule has 0 aliphatic rings. The van der Waals surface area contributed by atoms with Gasteiger partial charge in [-0.15, -0.1) is 12.4 Å². The van der Waals surface area contributed by atoms with Gasteiger partial charge >= 0.3 is 0 Å². The second-order valence-corrected chi connectivity index (χ2v) is 5.90. The number of halogens is 4. The van der Waals surface area contributed by atoms with E-state index in [1.54, 1.807) is 13.8 Å². The molecule has 7 heteroatoms. The number of nitrogens with one attached hydrogen (secondary N) is 1. The van der Waals surface area contributed by atoms with Crippen LogP contribution in [0.25, 0.3) is 0 Å². The van der Waals surface area contributed by atoms with Crippen LogP contribution in [-0.4, -0.2) is 11.4 Å². The van der Waals surface area contributed by atoms with Crippen LogP contribution in [0.3, 0.4) is 0 Å². The fraction of sp³-hybridized carbons (Fsp3) is 0.500. The van der Waals surface area contributed by atoms with Gasteiger partial charge in [-0.3, -0.25) is 4.79 Å². The predicted octanol–water partition coefficient (Wildman–Crippen LogP) is 4.25. The van der Waals surface area contributed by atoms with Crippen LogP contribution in [0.1, 0.15) is 45.2 Å². The van der Waals surface area contributed by atoms with Crippen LogP contribution in [0.4, 0.5) is 4.39 Å². The van der Waals surface area contributed by atoms with Crippen molar-refractivity contribution in [3.05, 3.63) is 33.6 Å². The van der Waals surface area contributed by atoms with Gasteiger partial charge in [-0.2, -0.15) is 0 Å². The summed E-state index contributed by atoms with van der Waals surface area (Å²) in [7, 11) is 0. The molecule has 2 unspecified atom stereocenters. The van der Waals surface area contributed by atoms with Crippen LogP contribution in [0, 0.1) is 5.82 Å². The Morgan fingerprint density at radius 2 is 2.05 bits per heavy atom.